The molecule has 1 fully saturated rings. The van der Waals surface area contributed by atoms with Crippen molar-refractivity contribution in [2.75, 3.05) is 18.5 Å². The van der Waals surface area contributed by atoms with E-state index in [1.807, 2.05) is 0 Å². The molecule has 25 heavy (non-hydrogen) atoms. The molecular weight excluding hydrogens is 336 g/mol. The lowest BCUT2D eigenvalue weighted by molar-refractivity contribution is 0.182. The van der Waals surface area contributed by atoms with Gasteiger partial charge in [-0.05, 0) is 50.5 Å². The Morgan fingerprint density at radius 1 is 1.12 bits per heavy atom. The summed E-state index contributed by atoms with van der Waals surface area (Å²) in [4.78, 5) is 18.7. The highest BCUT2D eigenvalue weighted by molar-refractivity contribution is 7.15. The van der Waals surface area contributed by atoms with Crippen molar-refractivity contribution in [3.63, 3.8) is 0 Å². The highest BCUT2D eigenvalue weighted by Gasteiger charge is 2.33. The van der Waals surface area contributed by atoms with Crippen LogP contribution in [-0.4, -0.2) is 34.0 Å². The lowest BCUT2D eigenvalue weighted by Gasteiger charge is -2.20. The Balaban J connectivity index is 1.41. The minimum absolute atomic E-state index is 0.0126. The molecule has 0 radical (unpaired) electrons. The van der Waals surface area contributed by atoms with Crippen molar-refractivity contribution < 1.29 is 4.74 Å². The first-order chi connectivity index (χ1) is 12.3. The fourth-order valence-corrected chi connectivity index (χ4v) is 5.26. The number of hydrogen-bond acceptors (Lipinski definition) is 6. The van der Waals surface area contributed by atoms with Crippen molar-refractivity contribution in [1.82, 2.24) is 14.8 Å². The zero-order valence-corrected chi connectivity index (χ0v) is 15.0. The van der Waals surface area contributed by atoms with Crippen LogP contribution in [0.3, 0.4) is 0 Å². The van der Waals surface area contributed by atoms with Gasteiger partial charge in [-0.1, -0.05) is 0 Å². The van der Waals surface area contributed by atoms with Crippen LogP contribution in [0.4, 0.5) is 5.13 Å². The van der Waals surface area contributed by atoms with Gasteiger partial charge in [0.15, 0.2) is 5.13 Å². The minimum Gasteiger partial charge on any atom is -0.377 e. The zero-order valence-electron chi connectivity index (χ0n) is 14.2. The molecule has 2 aliphatic carbocycles. The van der Waals surface area contributed by atoms with E-state index in [0.29, 0.717) is 13.2 Å². The van der Waals surface area contributed by atoms with E-state index < -0.39 is 0 Å². The van der Waals surface area contributed by atoms with Crippen molar-refractivity contribution in [1.29, 1.82) is 0 Å². The number of anilines is 1. The van der Waals surface area contributed by atoms with Crippen LogP contribution in [0.25, 0.3) is 0 Å². The molecule has 3 heterocycles. The lowest BCUT2D eigenvalue weighted by atomic mass is 10.0. The van der Waals surface area contributed by atoms with Gasteiger partial charge < -0.3 is 10.1 Å². The highest BCUT2D eigenvalue weighted by atomic mass is 32.1. The first-order valence-corrected chi connectivity index (χ1v) is 10.0. The maximum Gasteiger partial charge on any atom is 0.267 e. The molecule has 132 valence electrons. The van der Waals surface area contributed by atoms with E-state index in [1.54, 1.807) is 22.1 Å². The number of hydrogen-bond donors (Lipinski definition) is 1. The molecule has 0 saturated carbocycles. The van der Waals surface area contributed by atoms with Crippen LogP contribution < -0.4 is 10.9 Å². The van der Waals surface area contributed by atoms with Crippen molar-refractivity contribution in [3.8, 4) is 0 Å². The van der Waals surface area contributed by atoms with Crippen LogP contribution in [-0.2, 0) is 30.4 Å². The van der Waals surface area contributed by atoms with E-state index in [1.165, 1.54) is 23.4 Å². The SMILES string of the molecule is O=c1cc2c(nn1C1COCC1Nc1nc3c(s1)CCCC3)CCC2. The first-order valence-electron chi connectivity index (χ1n) is 9.22. The van der Waals surface area contributed by atoms with Gasteiger partial charge in [0, 0.05) is 10.9 Å². The maximum absolute atomic E-state index is 12.5. The second-order valence-electron chi connectivity index (χ2n) is 7.20. The highest BCUT2D eigenvalue weighted by Crippen LogP contribution is 2.31. The van der Waals surface area contributed by atoms with E-state index in [0.717, 1.165) is 48.5 Å². The van der Waals surface area contributed by atoms with E-state index in [-0.39, 0.29) is 17.6 Å². The molecule has 7 heteroatoms. The molecule has 0 aromatic carbocycles. The predicted octanol–water partition coefficient (Wildman–Crippen LogP) is 2.12. The van der Waals surface area contributed by atoms with Gasteiger partial charge in [-0.2, -0.15) is 5.10 Å². The summed E-state index contributed by atoms with van der Waals surface area (Å²) in [5, 5.41) is 9.14. The summed E-state index contributed by atoms with van der Waals surface area (Å²) >= 11 is 1.76. The number of thiazole rings is 1. The van der Waals surface area contributed by atoms with Gasteiger partial charge in [0.05, 0.1) is 30.6 Å². The standard InChI is InChI=1S/C18H22N4O2S/c23-17-8-11-4-3-6-12(11)21-22(17)15-10-24-9-14(15)20-18-19-13-5-1-2-7-16(13)25-18/h8,14-15H,1-7,9-10H2,(H,19,20). The largest absolute Gasteiger partial charge is 0.377 e. The summed E-state index contributed by atoms with van der Waals surface area (Å²) in [5.74, 6) is 0. The number of nitrogens with zero attached hydrogens (tertiary/aromatic N) is 3. The van der Waals surface area contributed by atoms with E-state index >= 15 is 0 Å². The molecule has 6 nitrogen and oxygen atoms in total. The fourth-order valence-electron chi connectivity index (χ4n) is 4.15. The van der Waals surface area contributed by atoms with Gasteiger partial charge in [0.2, 0.25) is 0 Å². The fraction of sp³-hybridized carbons (Fsp3) is 0.611. The molecule has 2 atom stereocenters. The summed E-state index contributed by atoms with van der Waals surface area (Å²) in [6.07, 6.45) is 7.78. The zero-order chi connectivity index (χ0) is 16.8. The molecule has 1 aliphatic heterocycles. The smallest absolute Gasteiger partial charge is 0.267 e. The summed E-state index contributed by atoms with van der Waals surface area (Å²) in [6, 6.07) is 1.74. The van der Waals surface area contributed by atoms with E-state index in [9.17, 15) is 4.79 Å². The van der Waals surface area contributed by atoms with Crippen LogP contribution in [0, 0.1) is 0 Å². The van der Waals surface area contributed by atoms with Crippen molar-refractivity contribution in [2.45, 2.75) is 57.0 Å². The Kier molecular flexibility index (Phi) is 3.86. The number of aromatic nitrogens is 3. The topological polar surface area (TPSA) is 69.0 Å². The molecule has 2 aromatic rings. The van der Waals surface area contributed by atoms with Crippen molar-refractivity contribution in [2.24, 2.45) is 0 Å². The van der Waals surface area contributed by atoms with Crippen LogP contribution in [0.1, 0.15) is 47.1 Å². The third-order valence-electron chi connectivity index (χ3n) is 5.50. The Labute approximate surface area is 150 Å². The third kappa shape index (κ3) is 2.79. The summed E-state index contributed by atoms with van der Waals surface area (Å²) in [5.41, 5.74) is 3.44. The van der Waals surface area contributed by atoms with Gasteiger partial charge in [-0.3, -0.25) is 4.79 Å². The normalized spacial score (nSPS) is 25.0. The van der Waals surface area contributed by atoms with Gasteiger partial charge >= 0.3 is 0 Å². The van der Waals surface area contributed by atoms with Gasteiger partial charge in [-0.15, -0.1) is 11.3 Å². The molecule has 2 aromatic heterocycles. The second-order valence-corrected chi connectivity index (χ2v) is 8.29. The Morgan fingerprint density at radius 2 is 2.00 bits per heavy atom. The number of ether oxygens (including phenoxy) is 1. The third-order valence-corrected chi connectivity index (χ3v) is 6.59. The van der Waals surface area contributed by atoms with Crippen LogP contribution in [0.15, 0.2) is 10.9 Å². The molecular formula is C18H22N4O2S. The number of aryl methyl sites for hydroxylation is 4. The average Bonchev–Trinajstić information content (AvgIpc) is 3.32. The molecule has 3 aliphatic rings. The molecule has 0 amide bonds. The van der Waals surface area contributed by atoms with Gasteiger partial charge in [-0.25, -0.2) is 9.67 Å². The molecule has 0 bridgehead atoms. The number of rotatable bonds is 3. The average molecular weight is 358 g/mol. The molecule has 1 saturated heterocycles. The molecule has 1 N–H and O–H groups in total. The lowest BCUT2D eigenvalue weighted by Crippen LogP contribution is -2.37. The van der Waals surface area contributed by atoms with Crippen molar-refractivity contribution >= 4 is 16.5 Å². The molecule has 2 unspecified atom stereocenters. The molecule has 0 spiro atoms. The Bertz CT molecular complexity index is 836. The first kappa shape index (κ1) is 15.5. The van der Waals surface area contributed by atoms with Crippen LogP contribution in [0.2, 0.25) is 0 Å². The second kappa shape index (κ2) is 6.21. The quantitative estimate of drug-likeness (QED) is 0.910. The van der Waals surface area contributed by atoms with Crippen LogP contribution in [0.5, 0.6) is 0 Å². The Hall–Kier alpha value is -1.73. The van der Waals surface area contributed by atoms with E-state index in [4.69, 9.17) is 9.72 Å². The summed E-state index contributed by atoms with van der Waals surface area (Å²) in [7, 11) is 0. The van der Waals surface area contributed by atoms with Crippen LogP contribution >= 0.6 is 11.3 Å². The maximum atomic E-state index is 12.5. The van der Waals surface area contributed by atoms with Gasteiger partial charge in [0.25, 0.3) is 5.56 Å². The number of fused-ring (bicyclic) bond motifs is 2. The van der Waals surface area contributed by atoms with Crippen molar-refractivity contribution in [3.05, 3.63) is 38.2 Å². The number of nitrogens with one attached hydrogen (secondary N) is 1. The molecule has 5 rings (SSSR count). The predicted molar refractivity (Wildman–Crippen MR) is 96.5 cm³/mol. The van der Waals surface area contributed by atoms with Gasteiger partial charge in [0.1, 0.15) is 6.04 Å². The summed E-state index contributed by atoms with van der Waals surface area (Å²) in [6.45, 7) is 1.11. The Morgan fingerprint density at radius 3 is 2.92 bits per heavy atom. The summed E-state index contributed by atoms with van der Waals surface area (Å²) < 4.78 is 7.33. The minimum atomic E-state index is -0.0701. The monoisotopic (exact) mass is 358 g/mol. The van der Waals surface area contributed by atoms with E-state index in [2.05, 4.69) is 10.4 Å².